The molecule has 0 aliphatic carbocycles. The standard InChI is InChI=1S/C10H11BrClN3/c1-6(13-2)10-14-9(12)8-5-7(11)3-4-15(8)10/h3-6,13H,1-2H3. The second kappa shape index (κ2) is 4.12. The van der Waals surface area contributed by atoms with Gasteiger partial charge < -0.3 is 9.72 Å². The monoisotopic (exact) mass is 287 g/mol. The highest BCUT2D eigenvalue weighted by atomic mass is 79.9. The summed E-state index contributed by atoms with van der Waals surface area (Å²) in [6, 6.07) is 4.10. The van der Waals surface area contributed by atoms with Gasteiger partial charge in [-0.3, -0.25) is 0 Å². The van der Waals surface area contributed by atoms with E-state index in [1.54, 1.807) is 0 Å². The van der Waals surface area contributed by atoms with E-state index in [0.29, 0.717) is 5.15 Å². The number of rotatable bonds is 2. The molecule has 0 aromatic carbocycles. The van der Waals surface area contributed by atoms with Gasteiger partial charge in [0.25, 0.3) is 0 Å². The highest BCUT2D eigenvalue weighted by molar-refractivity contribution is 9.10. The fraction of sp³-hybridized carbons (Fsp3) is 0.300. The minimum absolute atomic E-state index is 0.172. The summed E-state index contributed by atoms with van der Waals surface area (Å²) in [4.78, 5) is 4.35. The minimum Gasteiger partial charge on any atom is -0.311 e. The van der Waals surface area contributed by atoms with Gasteiger partial charge in [-0.1, -0.05) is 27.5 Å². The summed E-state index contributed by atoms with van der Waals surface area (Å²) in [5, 5.41) is 3.68. The molecule has 0 aliphatic rings. The SMILES string of the molecule is CNC(C)c1nc(Cl)c2cc(Br)ccn12. The van der Waals surface area contributed by atoms with Crippen LogP contribution in [0.15, 0.2) is 22.8 Å². The number of nitrogens with one attached hydrogen (secondary N) is 1. The van der Waals surface area contributed by atoms with Gasteiger partial charge >= 0.3 is 0 Å². The van der Waals surface area contributed by atoms with E-state index in [1.807, 2.05) is 36.7 Å². The van der Waals surface area contributed by atoms with Crippen molar-refractivity contribution in [1.82, 2.24) is 14.7 Å². The first-order valence-corrected chi connectivity index (χ1v) is 5.81. The van der Waals surface area contributed by atoms with Crippen LogP contribution in [0.1, 0.15) is 18.8 Å². The molecule has 0 spiro atoms. The Morgan fingerprint density at radius 2 is 2.33 bits per heavy atom. The second-order valence-electron chi connectivity index (χ2n) is 3.37. The van der Waals surface area contributed by atoms with Gasteiger partial charge in [0, 0.05) is 10.7 Å². The molecule has 2 aromatic heterocycles. The number of hydrogen-bond donors (Lipinski definition) is 1. The molecule has 0 bridgehead atoms. The third-order valence-electron chi connectivity index (χ3n) is 2.41. The maximum Gasteiger partial charge on any atom is 0.155 e. The van der Waals surface area contributed by atoms with Crippen LogP contribution in [0, 0.1) is 0 Å². The highest BCUT2D eigenvalue weighted by Crippen LogP contribution is 2.24. The summed E-state index contributed by atoms with van der Waals surface area (Å²) in [5.74, 6) is 0.921. The van der Waals surface area contributed by atoms with Crippen LogP contribution >= 0.6 is 27.5 Å². The zero-order valence-corrected chi connectivity index (χ0v) is 10.8. The van der Waals surface area contributed by atoms with Gasteiger partial charge in [-0.05, 0) is 26.1 Å². The Morgan fingerprint density at radius 1 is 1.60 bits per heavy atom. The zero-order chi connectivity index (χ0) is 11.0. The number of pyridine rings is 1. The van der Waals surface area contributed by atoms with Crippen molar-refractivity contribution in [2.45, 2.75) is 13.0 Å². The van der Waals surface area contributed by atoms with E-state index < -0.39 is 0 Å². The largest absolute Gasteiger partial charge is 0.311 e. The van der Waals surface area contributed by atoms with Gasteiger partial charge in [0.15, 0.2) is 5.15 Å². The van der Waals surface area contributed by atoms with Crippen molar-refractivity contribution in [2.24, 2.45) is 0 Å². The average Bonchev–Trinajstić information content (AvgIpc) is 2.55. The van der Waals surface area contributed by atoms with Gasteiger partial charge in [0.2, 0.25) is 0 Å². The maximum atomic E-state index is 6.07. The van der Waals surface area contributed by atoms with Crippen molar-refractivity contribution in [1.29, 1.82) is 0 Å². The molecule has 0 aliphatic heterocycles. The van der Waals surface area contributed by atoms with E-state index in [4.69, 9.17) is 11.6 Å². The summed E-state index contributed by atoms with van der Waals surface area (Å²) in [6.07, 6.45) is 1.96. The number of imidazole rings is 1. The Morgan fingerprint density at radius 3 is 3.00 bits per heavy atom. The molecule has 2 aromatic rings. The summed E-state index contributed by atoms with van der Waals surface area (Å²) in [6.45, 7) is 2.05. The van der Waals surface area contributed by atoms with E-state index in [2.05, 4.69) is 26.2 Å². The lowest BCUT2D eigenvalue weighted by Crippen LogP contribution is -2.15. The fourth-order valence-electron chi connectivity index (χ4n) is 1.48. The summed E-state index contributed by atoms with van der Waals surface area (Å²) in [5.41, 5.74) is 0.920. The van der Waals surface area contributed by atoms with Crippen LogP contribution < -0.4 is 5.32 Å². The average molecular weight is 289 g/mol. The molecule has 0 radical (unpaired) electrons. The minimum atomic E-state index is 0.172. The lowest BCUT2D eigenvalue weighted by atomic mass is 10.3. The maximum absolute atomic E-state index is 6.07. The van der Waals surface area contributed by atoms with E-state index in [9.17, 15) is 0 Å². The Bertz CT molecular complexity index is 495. The molecule has 0 fully saturated rings. The number of aromatic nitrogens is 2. The highest BCUT2D eigenvalue weighted by Gasteiger charge is 2.13. The molecule has 80 valence electrons. The third-order valence-corrected chi connectivity index (χ3v) is 3.18. The van der Waals surface area contributed by atoms with Gasteiger partial charge in [-0.25, -0.2) is 4.98 Å². The quantitative estimate of drug-likeness (QED) is 0.920. The number of halogens is 2. The smallest absolute Gasteiger partial charge is 0.155 e. The van der Waals surface area contributed by atoms with Crippen LogP contribution in [0.2, 0.25) is 5.15 Å². The van der Waals surface area contributed by atoms with Crippen LogP contribution in [-0.4, -0.2) is 16.4 Å². The molecule has 0 saturated carbocycles. The first kappa shape index (κ1) is 10.9. The second-order valence-corrected chi connectivity index (χ2v) is 4.65. The molecule has 1 N–H and O–H groups in total. The predicted octanol–water partition coefficient (Wildman–Crippen LogP) is 3.03. The van der Waals surface area contributed by atoms with E-state index in [-0.39, 0.29) is 6.04 Å². The van der Waals surface area contributed by atoms with Crippen LogP contribution in [0.5, 0.6) is 0 Å². The van der Waals surface area contributed by atoms with Crippen LogP contribution in [0.25, 0.3) is 5.52 Å². The summed E-state index contributed by atoms with van der Waals surface area (Å²) >= 11 is 9.48. The zero-order valence-electron chi connectivity index (χ0n) is 8.46. The third kappa shape index (κ3) is 1.89. The van der Waals surface area contributed by atoms with E-state index in [1.165, 1.54) is 0 Å². The normalized spacial score (nSPS) is 13.3. The molecule has 0 amide bonds. The van der Waals surface area contributed by atoms with Crippen molar-refractivity contribution in [3.63, 3.8) is 0 Å². The van der Waals surface area contributed by atoms with E-state index >= 15 is 0 Å². The molecular formula is C10H11BrClN3. The van der Waals surface area contributed by atoms with Gasteiger partial charge in [0.1, 0.15) is 5.82 Å². The molecule has 1 unspecified atom stereocenters. The Kier molecular flexibility index (Phi) is 3.00. The van der Waals surface area contributed by atoms with Crippen molar-refractivity contribution in [3.05, 3.63) is 33.8 Å². The predicted molar refractivity (Wildman–Crippen MR) is 65.4 cm³/mol. The van der Waals surface area contributed by atoms with E-state index in [0.717, 1.165) is 15.8 Å². The van der Waals surface area contributed by atoms with Gasteiger partial charge in [0.05, 0.1) is 11.6 Å². The van der Waals surface area contributed by atoms with Gasteiger partial charge in [-0.15, -0.1) is 0 Å². The van der Waals surface area contributed by atoms with Crippen LogP contribution in [0.4, 0.5) is 0 Å². The number of fused-ring (bicyclic) bond motifs is 1. The van der Waals surface area contributed by atoms with Crippen molar-refractivity contribution < 1.29 is 0 Å². The molecular weight excluding hydrogens is 277 g/mol. The molecule has 3 nitrogen and oxygen atoms in total. The lowest BCUT2D eigenvalue weighted by Gasteiger charge is -2.08. The Hall–Kier alpha value is -0.580. The van der Waals surface area contributed by atoms with Crippen molar-refractivity contribution in [2.75, 3.05) is 7.05 Å². The number of nitrogens with zero attached hydrogens (tertiary/aromatic N) is 2. The van der Waals surface area contributed by atoms with Crippen molar-refractivity contribution >= 4 is 33.0 Å². The van der Waals surface area contributed by atoms with Crippen LogP contribution in [0.3, 0.4) is 0 Å². The molecule has 15 heavy (non-hydrogen) atoms. The molecule has 5 heteroatoms. The first-order valence-electron chi connectivity index (χ1n) is 4.63. The van der Waals surface area contributed by atoms with Crippen LogP contribution in [-0.2, 0) is 0 Å². The topological polar surface area (TPSA) is 29.3 Å². The summed E-state index contributed by atoms with van der Waals surface area (Å²) in [7, 11) is 1.90. The molecule has 1 atom stereocenters. The first-order chi connectivity index (χ1) is 7.13. The Balaban J connectivity index is 2.68. The lowest BCUT2D eigenvalue weighted by molar-refractivity contribution is 0.608. The summed E-state index contributed by atoms with van der Waals surface area (Å²) < 4.78 is 2.99. The van der Waals surface area contributed by atoms with Gasteiger partial charge in [-0.2, -0.15) is 0 Å². The van der Waals surface area contributed by atoms with Crippen molar-refractivity contribution in [3.8, 4) is 0 Å². The molecule has 2 rings (SSSR count). The molecule has 2 heterocycles. The Labute approximate surface area is 102 Å². The molecule has 0 saturated heterocycles. The number of hydrogen-bond acceptors (Lipinski definition) is 2. The fourth-order valence-corrected chi connectivity index (χ4v) is 2.05.